The fraction of sp³-hybridized carbons (Fsp3) is 0.409. The molecule has 1 saturated carbocycles. The zero-order valence-corrected chi connectivity index (χ0v) is 19.0. The van der Waals surface area contributed by atoms with Crippen LogP contribution in [0.2, 0.25) is 0 Å². The first-order valence-corrected chi connectivity index (χ1v) is 12.4. The normalized spacial score (nSPS) is 17.4. The average Bonchev–Trinajstić information content (AvgIpc) is 3.57. The van der Waals surface area contributed by atoms with Gasteiger partial charge in [0.15, 0.2) is 0 Å². The largest absolute Gasteiger partial charge is 0.379 e. The Hall–Kier alpha value is -3.02. The van der Waals surface area contributed by atoms with Gasteiger partial charge < -0.3 is 15.0 Å². The van der Waals surface area contributed by atoms with Crippen LogP contribution in [0.5, 0.6) is 0 Å². The van der Waals surface area contributed by atoms with Crippen molar-refractivity contribution in [3.63, 3.8) is 0 Å². The van der Waals surface area contributed by atoms with Crippen molar-refractivity contribution >= 4 is 32.7 Å². The number of rotatable bonds is 6. The molecule has 2 aromatic heterocycles. The first kappa shape index (κ1) is 21.8. The van der Waals surface area contributed by atoms with Crippen molar-refractivity contribution < 1.29 is 17.9 Å². The van der Waals surface area contributed by atoms with Gasteiger partial charge in [-0.25, -0.2) is 13.1 Å². The summed E-state index contributed by atoms with van der Waals surface area (Å²) in [6, 6.07) is 5.60. The molecule has 0 unspecified atom stereocenters. The van der Waals surface area contributed by atoms with Crippen molar-refractivity contribution in [1.82, 2.24) is 19.1 Å². The number of nitrogens with one attached hydrogen (secondary N) is 2. The van der Waals surface area contributed by atoms with E-state index in [-0.39, 0.29) is 23.5 Å². The van der Waals surface area contributed by atoms with Crippen LogP contribution in [0.15, 0.2) is 40.2 Å². The van der Waals surface area contributed by atoms with Crippen LogP contribution in [-0.2, 0) is 21.3 Å². The molecule has 11 heteroatoms. The third-order valence-electron chi connectivity index (χ3n) is 6.05. The Morgan fingerprint density at radius 1 is 1.24 bits per heavy atom. The van der Waals surface area contributed by atoms with Gasteiger partial charge in [-0.1, -0.05) is 0 Å². The Kier molecular flexibility index (Phi) is 5.55. The summed E-state index contributed by atoms with van der Waals surface area (Å²) in [6.07, 6.45) is 3.98. The van der Waals surface area contributed by atoms with E-state index >= 15 is 0 Å². The standard InChI is InChI=1S/C22H25N5O5S/c1-14-12-23-27(13-15-2-3-15)21(14)25-22(29)18-11-20(28)24-19-5-4-16(10-17(18)19)33(30,31)26-6-8-32-9-7-26/h4-5,10-12,15H,2-3,6-9,13H2,1H3,(H,24,28)(H,25,29). The van der Waals surface area contributed by atoms with E-state index in [9.17, 15) is 18.0 Å². The minimum absolute atomic E-state index is 0.0629. The molecular weight excluding hydrogens is 446 g/mol. The summed E-state index contributed by atoms with van der Waals surface area (Å²) >= 11 is 0. The number of nitrogens with zero attached hydrogens (tertiary/aromatic N) is 3. The summed E-state index contributed by atoms with van der Waals surface area (Å²) in [6.45, 7) is 3.78. The van der Waals surface area contributed by atoms with Crippen molar-refractivity contribution in [3.05, 3.63) is 51.9 Å². The number of ether oxygens (including phenoxy) is 1. The summed E-state index contributed by atoms with van der Waals surface area (Å²) in [5.41, 5.74) is 0.858. The molecule has 174 valence electrons. The molecule has 1 saturated heterocycles. The van der Waals surface area contributed by atoms with Crippen molar-refractivity contribution in [1.29, 1.82) is 0 Å². The van der Waals surface area contributed by atoms with Crippen molar-refractivity contribution in [2.75, 3.05) is 31.6 Å². The summed E-state index contributed by atoms with van der Waals surface area (Å²) < 4.78 is 34.6. The molecule has 2 N–H and O–H groups in total. The molecule has 2 fully saturated rings. The quantitative estimate of drug-likeness (QED) is 0.564. The number of pyridine rings is 1. The molecule has 1 aliphatic carbocycles. The molecule has 0 spiro atoms. The third kappa shape index (κ3) is 4.31. The number of benzene rings is 1. The van der Waals surface area contributed by atoms with E-state index in [0.29, 0.717) is 35.9 Å². The summed E-state index contributed by atoms with van der Waals surface area (Å²) in [4.78, 5) is 28.2. The highest BCUT2D eigenvalue weighted by Gasteiger charge is 2.28. The van der Waals surface area contributed by atoms with Gasteiger partial charge in [-0.05, 0) is 43.9 Å². The number of carbonyl (C=O) groups is 1. The number of aromatic nitrogens is 3. The fourth-order valence-corrected chi connectivity index (χ4v) is 5.45. The number of aromatic amines is 1. The van der Waals surface area contributed by atoms with Gasteiger partial charge in [-0.3, -0.25) is 9.59 Å². The molecule has 1 amide bonds. The minimum atomic E-state index is -3.76. The van der Waals surface area contributed by atoms with Crippen LogP contribution in [0.25, 0.3) is 10.9 Å². The maximum absolute atomic E-state index is 13.3. The van der Waals surface area contributed by atoms with Crippen LogP contribution in [0.4, 0.5) is 5.82 Å². The molecular formula is C22H25N5O5S. The lowest BCUT2D eigenvalue weighted by atomic mass is 10.1. The van der Waals surface area contributed by atoms with Crippen LogP contribution in [0.3, 0.4) is 0 Å². The van der Waals surface area contributed by atoms with Gasteiger partial charge in [0.05, 0.1) is 29.9 Å². The van der Waals surface area contributed by atoms with Gasteiger partial charge in [0.2, 0.25) is 15.6 Å². The molecule has 1 aliphatic heterocycles. The second kappa shape index (κ2) is 8.40. The Morgan fingerprint density at radius 2 is 2.00 bits per heavy atom. The number of aryl methyl sites for hydroxylation is 1. The molecule has 3 heterocycles. The minimum Gasteiger partial charge on any atom is -0.379 e. The lowest BCUT2D eigenvalue weighted by Gasteiger charge is -2.26. The molecule has 2 aliphatic rings. The van der Waals surface area contributed by atoms with Crippen LogP contribution in [-0.4, -0.2) is 59.7 Å². The number of morpholine rings is 1. The average molecular weight is 472 g/mol. The van der Waals surface area contributed by atoms with Gasteiger partial charge >= 0.3 is 0 Å². The Labute approximate surface area is 190 Å². The van der Waals surface area contributed by atoms with Crippen molar-refractivity contribution in [2.45, 2.75) is 31.2 Å². The van der Waals surface area contributed by atoms with E-state index in [4.69, 9.17) is 4.74 Å². The molecule has 0 bridgehead atoms. The third-order valence-corrected chi connectivity index (χ3v) is 7.94. The monoisotopic (exact) mass is 471 g/mol. The number of hydrogen-bond acceptors (Lipinski definition) is 6. The number of anilines is 1. The van der Waals surface area contributed by atoms with Crippen LogP contribution in [0, 0.1) is 12.8 Å². The van der Waals surface area contributed by atoms with Gasteiger partial charge in [0, 0.05) is 42.2 Å². The maximum Gasteiger partial charge on any atom is 0.257 e. The number of carbonyl (C=O) groups excluding carboxylic acids is 1. The summed E-state index contributed by atoms with van der Waals surface area (Å²) in [5.74, 6) is 0.651. The number of sulfonamides is 1. The predicted molar refractivity (Wildman–Crippen MR) is 122 cm³/mol. The number of fused-ring (bicyclic) bond motifs is 1. The van der Waals surface area contributed by atoms with E-state index in [1.54, 1.807) is 10.9 Å². The summed E-state index contributed by atoms with van der Waals surface area (Å²) in [7, 11) is -3.76. The van der Waals surface area contributed by atoms with Crippen molar-refractivity contribution in [3.8, 4) is 0 Å². The molecule has 1 aromatic carbocycles. The molecule has 0 atom stereocenters. The molecule has 5 rings (SSSR count). The highest BCUT2D eigenvalue weighted by atomic mass is 32.2. The van der Waals surface area contributed by atoms with Crippen LogP contribution >= 0.6 is 0 Å². The smallest absolute Gasteiger partial charge is 0.257 e. The first-order chi connectivity index (χ1) is 15.8. The zero-order chi connectivity index (χ0) is 23.2. The topological polar surface area (TPSA) is 126 Å². The van der Waals surface area contributed by atoms with Gasteiger partial charge in [-0.15, -0.1) is 0 Å². The summed E-state index contributed by atoms with van der Waals surface area (Å²) in [5, 5.41) is 7.60. The highest BCUT2D eigenvalue weighted by Crippen LogP contribution is 2.32. The van der Waals surface area contributed by atoms with Gasteiger partial charge in [0.25, 0.3) is 5.91 Å². The molecule has 0 radical (unpaired) electrons. The van der Waals surface area contributed by atoms with Gasteiger partial charge in [-0.2, -0.15) is 9.40 Å². The maximum atomic E-state index is 13.3. The first-order valence-electron chi connectivity index (χ1n) is 10.9. The number of amides is 1. The number of hydrogen-bond donors (Lipinski definition) is 2. The van der Waals surface area contributed by atoms with Crippen LogP contribution < -0.4 is 10.9 Å². The highest BCUT2D eigenvalue weighted by molar-refractivity contribution is 7.89. The Bertz CT molecular complexity index is 1380. The molecule has 3 aromatic rings. The second-order valence-electron chi connectivity index (χ2n) is 8.53. The van der Waals surface area contributed by atoms with Gasteiger partial charge in [0.1, 0.15) is 5.82 Å². The lowest BCUT2D eigenvalue weighted by molar-refractivity contribution is 0.0730. The predicted octanol–water partition coefficient (Wildman–Crippen LogP) is 1.72. The lowest BCUT2D eigenvalue weighted by Crippen LogP contribution is -2.40. The molecule has 10 nitrogen and oxygen atoms in total. The van der Waals surface area contributed by atoms with Crippen molar-refractivity contribution in [2.24, 2.45) is 5.92 Å². The second-order valence-corrected chi connectivity index (χ2v) is 10.5. The SMILES string of the molecule is Cc1cnn(CC2CC2)c1NC(=O)c1cc(=O)[nH]c2ccc(S(=O)(=O)N3CCOCC3)cc12. The van der Waals surface area contributed by atoms with Crippen LogP contribution in [0.1, 0.15) is 28.8 Å². The van der Waals surface area contributed by atoms with E-state index in [2.05, 4.69) is 15.4 Å². The van der Waals surface area contributed by atoms with E-state index in [0.717, 1.165) is 24.9 Å². The Balaban J connectivity index is 1.52. The fourth-order valence-electron chi connectivity index (χ4n) is 4.02. The molecule has 33 heavy (non-hydrogen) atoms. The Morgan fingerprint density at radius 3 is 2.73 bits per heavy atom. The van der Waals surface area contributed by atoms with E-state index < -0.39 is 21.5 Å². The number of H-pyrrole nitrogens is 1. The zero-order valence-electron chi connectivity index (χ0n) is 18.2. The van der Waals surface area contributed by atoms with E-state index in [1.807, 2.05) is 6.92 Å². The van der Waals surface area contributed by atoms with E-state index in [1.165, 1.54) is 28.6 Å².